The van der Waals surface area contributed by atoms with Crippen LogP contribution < -0.4 is 11.1 Å². The van der Waals surface area contributed by atoms with Gasteiger partial charge >= 0.3 is 0 Å². The summed E-state index contributed by atoms with van der Waals surface area (Å²) in [6.07, 6.45) is 0. The van der Waals surface area contributed by atoms with Crippen molar-refractivity contribution in [1.29, 1.82) is 5.26 Å². The third kappa shape index (κ3) is 3.00. The minimum atomic E-state index is -0.453. The Bertz CT molecular complexity index is 1190. The van der Waals surface area contributed by atoms with Crippen molar-refractivity contribution >= 4 is 17.1 Å². The highest BCUT2D eigenvalue weighted by Crippen LogP contribution is 2.29. The molecular weight excluding hydrogens is 352 g/mol. The zero-order valence-corrected chi connectivity index (χ0v) is 15.1. The van der Waals surface area contributed by atoms with E-state index in [1.165, 1.54) is 24.3 Å². The summed E-state index contributed by atoms with van der Waals surface area (Å²) in [7, 11) is 0. The van der Waals surface area contributed by atoms with Crippen LogP contribution in [0.4, 0.5) is 0 Å². The molecule has 0 aliphatic rings. The van der Waals surface area contributed by atoms with Crippen LogP contribution in [0.2, 0.25) is 0 Å². The van der Waals surface area contributed by atoms with Gasteiger partial charge < -0.3 is 9.97 Å². The predicted octanol–water partition coefficient (Wildman–Crippen LogP) is 2.54. The number of aromatic nitrogens is 3. The lowest BCUT2D eigenvalue weighted by Crippen LogP contribution is -2.14. The molecule has 7 nitrogen and oxygen atoms in total. The number of hydrogen-bond acceptors (Lipinski definition) is 6. The Hall–Kier alpha value is -3.31. The fraction of sp³-hybridized carbons (Fsp3) is 0.167. The number of aromatic amines is 2. The standard InChI is InChI=1S/C18H14N4O3S/c1-8-12(10(3)23)5-14(17(25)21-8)18-22-15(7-26-18)13-4-11(6-19)16(24)20-9(13)2/h4-5,7H,1-3H3,(H,20,24)(H,21,25). The van der Waals surface area contributed by atoms with Gasteiger partial charge in [-0.3, -0.25) is 14.4 Å². The molecule has 0 spiro atoms. The average molecular weight is 366 g/mol. The van der Waals surface area contributed by atoms with Gasteiger partial charge in [0.1, 0.15) is 16.6 Å². The zero-order chi connectivity index (χ0) is 19.0. The molecule has 0 aromatic carbocycles. The number of aryl methyl sites for hydroxylation is 2. The topological polar surface area (TPSA) is 119 Å². The molecule has 3 rings (SSSR count). The Kier molecular flexibility index (Phi) is 4.40. The smallest absolute Gasteiger partial charge is 0.266 e. The molecule has 0 unspecified atom stereocenters. The van der Waals surface area contributed by atoms with Crippen molar-refractivity contribution in [1.82, 2.24) is 15.0 Å². The van der Waals surface area contributed by atoms with E-state index in [2.05, 4.69) is 15.0 Å². The van der Waals surface area contributed by atoms with Crippen LogP contribution in [0.5, 0.6) is 0 Å². The highest BCUT2D eigenvalue weighted by atomic mass is 32.1. The lowest BCUT2D eigenvalue weighted by molar-refractivity contribution is 0.101. The molecule has 0 bridgehead atoms. The van der Waals surface area contributed by atoms with Crippen LogP contribution in [0.15, 0.2) is 27.1 Å². The fourth-order valence-corrected chi connectivity index (χ4v) is 3.47. The lowest BCUT2D eigenvalue weighted by atomic mass is 10.1. The second-order valence-corrected chi connectivity index (χ2v) is 6.67. The number of ketones is 1. The summed E-state index contributed by atoms with van der Waals surface area (Å²) in [5.41, 5.74) is 2.19. The monoisotopic (exact) mass is 366 g/mol. The highest BCUT2D eigenvalue weighted by Gasteiger charge is 2.16. The van der Waals surface area contributed by atoms with Gasteiger partial charge in [-0.25, -0.2) is 4.98 Å². The first-order valence-corrected chi connectivity index (χ1v) is 8.55. The zero-order valence-electron chi connectivity index (χ0n) is 14.3. The Balaban J connectivity index is 2.14. The van der Waals surface area contributed by atoms with E-state index in [0.29, 0.717) is 38.8 Å². The summed E-state index contributed by atoms with van der Waals surface area (Å²) in [6.45, 7) is 4.82. The van der Waals surface area contributed by atoms with Gasteiger partial charge in [0.15, 0.2) is 5.78 Å². The highest BCUT2D eigenvalue weighted by molar-refractivity contribution is 7.13. The number of hydrogen-bond donors (Lipinski definition) is 2. The molecule has 0 aliphatic heterocycles. The number of rotatable bonds is 3. The second-order valence-electron chi connectivity index (χ2n) is 5.81. The molecule has 0 aliphatic carbocycles. The first kappa shape index (κ1) is 17.5. The van der Waals surface area contributed by atoms with Gasteiger partial charge in [-0.1, -0.05) is 0 Å². The number of nitrogens with zero attached hydrogens (tertiary/aromatic N) is 2. The van der Waals surface area contributed by atoms with Gasteiger partial charge in [-0.05, 0) is 32.9 Å². The van der Waals surface area contributed by atoms with Gasteiger partial charge in [-0.2, -0.15) is 5.26 Å². The molecule has 8 heteroatoms. The molecule has 0 saturated carbocycles. The molecule has 0 saturated heterocycles. The quantitative estimate of drug-likeness (QED) is 0.690. The summed E-state index contributed by atoms with van der Waals surface area (Å²) in [5.74, 6) is -0.146. The molecule has 0 atom stereocenters. The summed E-state index contributed by atoms with van der Waals surface area (Å²) >= 11 is 1.25. The second kappa shape index (κ2) is 6.54. The van der Waals surface area contributed by atoms with Gasteiger partial charge in [0.05, 0.1) is 11.3 Å². The van der Waals surface area contributed by atoms with Crippen molar-refractivity contribution in [3.05, 3.63) is 60.7 Å². The maximum absolute atomic E-state index is 12.3. The maximum atomic E-state index is 12.3. The normalized spacial score (nSPS) is 10.5. The van der Waals surface area contributed by atoms with Crippen molar-refractivity contribution in [3.8, 4) is 27.9 Å². The lowest BCUT2D eigenvalue weighted by Gasteiger charge is -2.04. The summed E-state index contributed by atoms with van der Waals surface area (Å²) in [6, 6.07) is 4.87. The molecular formula is C18H14N4O3S. The van der Waals surface area contributed by atoms with Gasteiger partial charge in [-0.15, -0.1) is 11.3 Å². The minimum absolute atomic E-state index is 0.00722. The number of pyridine rings is 2. The Morgan fingerprint density at radius 1 is 1.12 bits per heavy atom. The van der Waals surface area contributed by atoms with Gasteiger partial charge in [0.2, 0.25) is 0 Å². The molecule has 26 heavy (non-hydrogen) atoms. The number of H-pyrrole nitrogens is 2. The number of nitriles is 1. The van der Waals surface area contributed by atoms with Crippen molar-refractivity contribution < 1.29 is 4.79 Å². The predicted molar refractivity (Wildman–Crippen MR) is 98.4 cm³/mol. The van der Waals surface area contributed by atoms with E-state index in [1.807, 2.05) is 6.07 Å². The van der Waals surface area contributed by atoms with Crippen LogP contribution in [0.3, 0.4) is 0 Å². The number of nitrogens with one attached hydrogen (secondary N) is 2. The number of Topliss-reactive ketones (excluding diaryl/α,β-unsaturated/α-hetero) is 1. The number of carbonyl (C=O) groups excluding carboxylic acids is 1. The van der Waals surface area contributed by atoms with Crippen LogP contribution in [0, 0.1) is 25.2 Å². The third-order valence-corrected chi connectivity index (χ3v) is 4.86. The SMILES string of the molecule is CC(=O)c1cc(-c2nc(-c3cc(C#N)c(=O)[nH]c3C)cs2)c(=O)[nH]c1C. The van der Waals surface area contributed by atoms with Gasteiger partial charge in [0, 0.05) is 27.9 Å². The Labute approximate surface area is 152 Å². The summed E-state index contributed by atoms with van der Waals surface area (Å²) in [5, 5.41) is 11.2. The average Bonchev–Trinajstić information content (AvgIpc) is 3.04. The molecule has 3 aromatic rings. The maximum Gasteiger partial charge on any atom is 0.266 e. The van der Waals surface area contributed by atoms with E-state index < -0.39 is 5.56 Å². The van der Waals surface area contributed by atoms with Crippen LogP contribution >= 0.6 is 11.3 Å². The van der Waals surface area contributed by atoms with Crippen LogP contribution in [0.25, 0.3) is 21.8 Å². The summed E-state index contributed by atoms with van der Waals surface area (Å²) in [4.78, 5) is 45.5. The first-order chi connectivity index (χ1) is 12.3. The van der Waals surface area contributed by atoms with Crippen LogP contribution in [-0.4, -0.2) is 20.7 Å². The van der Waals surface area contributed by atoms with Gasteiger partial charge in [0.25, 0.3) is 11.1 Å². The van der Waals surface area contributed by atoms with Crippen molar-refractivity contribution in [2.75, 3.05) is 0 Å². The van der Waals surface area contributed by atoms with E-state index in [0.717, 1.165) is 0 Å². The van der Waals surface area contributed by atoms with Crippen molar-refractivity contribution in [2.45, 2.75) is 20.8 Å². The molecule has 3 heterocycles. The van der Waals surface area contributed by atoms with E-state index in [1.54, 1.807) is 25.3 Å². The van der Waals surface area contributed by atoms with Crippen LogP contribution in [0.1, 0.15) is 34.2 Å². The van der Waals surface area contributed by atoms with E-state index in [4.69, 9.17) is 5.26 Å². The molecule has 0 amide bonds. The third-order valence-electron chi connectivity index (χ3n) is 3.99. The first-order valence-electron chi connectivity index (χ1n) is 7.67. The Morgan fingerprint density at radius 3 is 2.46 bits per heavy atom. The Morgan fingerprint density at radius 2 is 1.81 bits per heavy atom. The molecule has 0 radical (unpaired) electrons. The van der Waals surface area contributed by atoms with Crippen LogP contribution in [-0.2, 0) is 0 Å². The summed E-state index contributed by atoms with van der Waals surface area (Å²) < 4.78 is 0. The van der Waals surface area contributed by atoms with Crippen molar-refractivity contribution in [3.63, 3.8) is 0 Å². The fourth-order valence-electron chi connectivity index (χ4n) is 2.64. The number of thiazole rings is 1. The van der Waals surface area contributed by atoms with Crippen molar-refractivity contribution in [2.24, 2.45) is 0 Å². The molecule has 3 aromatic heterocycles. The molecule has 0 fully saturated rings. The van der Waals surface area contributed by atoms with E-state index in [9.17, 15) is 14.4 Å². The largest absolute Gasteiger partial charge is 0.325 e. The molecule has 130 valence electrons. The molecule has 2 N–H and O–H groups in total. The number of carbonyl (C=O) groups is 1. The van der Waals surface area contributed by atoms with E-state index in [-0.39, 0.29) is 16.9 Å². The van der Waals surface area contributed by atoms with E-state index >= 15 is 0 Å². The minimum Gasteiger partial charge on any atom is -0.325 e.